The molecule has 6 nitrogen and oxygen atoms in total. The summed E-state index contributed by atoms with van der Waals surface area (Å²) in [4.78, 5) is 11.7. The van der Waals surface area contributed by atoms with E-state index in [0.717, 1.165) is 0 Å². The number of rotatable bonds is 3. The van der Waals surface area contributed by atoms with E-state index in [2.05, 4.69) is 10.3 Å². The van der Waals surface area contributed by atoms with Gasteiger partial charge in [0.2, 0.25) is 0 Å². The van der Waals surface area contributed by atoms with Gasteiger partial charge in [0.25, 0.3) is 0 Å². The van der Waals surface area contributed by atoms with Gasteiger partial charge in [-0.3, -0.25) is 4.90 Å². The van der Waals surface area contributed by atoms with E-state index in [1.165, 1.54) is 15.8 Å². The number of carboxylic acids is 1. The lowest BCUT2D eigenvalue weighted by atomic mass is 10.1. The molecule has 1 fully saturated rings. The summed E-state index contributed by atoms with van der Waals surface area (Å²) in [5.74, 6) is -1.21. The molecule has 0 aliphatic carbocycles. The Hall–Kier alpha value is -1.64. The van der Waals surface area contributed by atoms with E-state index >= 15 is 0 Å². The molecule has 0 saturated carbocycles. The van der Waals surface area contributed by atoms with Crippen LogP contribution in [0.1, 0.15) is 16.5 Å². The number of aromatic carboxylic acids is 1. The Morgan fingerprint density at radius 3 is 2.65 bits per heavy atom. The second kappa shape index (κ2) is 3.99. The molecule has 0 amide bonds. The van der Waals surface area contributed by atoms with Crippen molar-refractivity contribution in [2.75, 3.05) is 19.6 Å². The average Bonchev–Trinajstić information content (AvgIpc) is 2.57. The molecule has 2 heterocycles. The van der Waals surface area contributed by atoms with Crippen molar-refractivity contribution in [1.82, 2.24) is 19.9 Å². The van der Waals surface area contributed by atoms with Crippen molar-refractivity contribution in [1.29, 1.82) is 0 Å². The number of likely N-dealkylation sites (tertiary alicyclic amines) is 1. The smallest absolute Gasteiger partial charge is 0.401 e. The van der Waals surface area contributed by atoms with Crippen molar-refractivity contribution in [3.8, 4) is 0 Å². The fourth-order valence-corrected chi connectivity index (χ4v) is 1.65. The Labute approximate surface area is 93.6 Å². The molecule has 1 aliphatic rings. The third-order valence-corrected chi connectivity index (χ3v) is 2.44. The normalized spacial score (nSPS) is 18.1. The van der Waals surface area contributed by atoms with Crippen LogP contribution in [0.25, 0.3) is 0 Å². The summed E-state index contributed by atoms with van der Waals surface area (Å²) >= 11 is 0. The van der Waals surface area contributed by atoms with Crippen molar-refractivity contribution in [2.45, 2.75) is 12.2 Å². The van der Waals surface area contributed by atoms with Gasteiger partial charge >= 0.3 is 12.1 Å². The van der Waals surface area contributed by atoms with Gasteiger partial charge in [0, 0.05) is 13.1 Å². The van der Waals surface area contributed by atoms with Crippen LogP contribution < -0.4 is 0 Å². The van der Waals surface area contributed by atoms with Gasteiger partial charge < -0.3 is 5.11 Å². The first-order chi connectivity index (χ1) is 7.85. The standard InChI is InChI=1S/C8H9F3N4O2/c9-8(10,11)4-14-1-5(2-14)15-3-6(7(16)17)12-13-15/h3,5H,1-2,4H2,(H,16,17). The highest BCUT2D eigenvalue weighted by molar-refractivity contribution is 5.84. The van der Waals surface area contributed by atoms with Gasteiger partial charge in [0.05, 0.1) is 18.8 Å². The zero-order chi connectivity index (χ0) is 12.6. The number of carbonyl (C=O) groups is 1. The third kappa shape index (κ3) is 2.73. The van der Waals surface area contributed by atoms with Crippen LogP contribution in [0, 0.1) is 0 Å². The van der Waals surface area contributed by atoms with Crippen LogP contribution in [-0.2, 0) is 0 Å². The predicted octanol–water partition coefficient (Wildman–Crippen LogP) is 0.395. The van der Waals surface area contributed by atoms with Gasteiger partial charge in [0.1, 0.15) is 0 Å². The van der Waals surface area contributed by atoms with Crippen LogP contribution in [-0.4, -0.2) is 56.8 Å². The van der Waals surface area contributed by atoms with Gasteiger partial charge in [-0.15, -0.1) is 5.10 Å². The van der Waals surface area contributed by atoms with E-state index in [0.29, 0.717) is 0 Å². The molecule has 0 unspecified atom stereocenters. The van der Waals surface area contributed by atoms with E-state index in [-0.39, 0.29) is 24.8 Å². The highest BCUT2D eigenvalue weighted by Crippen LogP contribution is 2.25. The fourth-order valence-electron chi connectivity index (χ4n) is 1.65. The zero-order valence-corrected chi connectivity index (χ0v) is 8.55. The first kappa shape index (κ1) is 11.8. The van der Waals surface area contributed by atoms with Gasteiger partial charge in [-0.05, 0) is 0 Å². The first-order valence-electron chi connectivity index (χ1n) is 4.79. The molecule has 0 atom stereocenters. The highest BCUT2D eigenvalue weighted by Gasteiger charge is 2.38. The molecule has 1 N–H and O–H groups in total. The number of halogens is 3. The van der Waals surface area contributed by atoms with E-state index in [1.54, 1.807) is 0 Å². The number of alkyl halides is 3. The second-order valence-electron chi connectivity index (χ2n) is 3.85. The Morgan fingerprint density at radius 1 is 1.53 bits per heavy atom. The Morgan fingerprint density at radius 2 is 2.18 bits per heavy atom. The van der Waals surface area contributed by atoms with Crippen LogP contribution in [0.4, 0.5) is 13.2 Å². The van der Waals surface area contributed by atoms with Crippen LogP contribution in [0.2, 0.25) is 0 Å². The summed E-state index contributed by atoms with van der Waals surface area (Å²) in [6, 6.07) is -0.238. The lowest BCUT2D eigenvalue weighted by Gasteiger charge is -2.38. The first-order valence-corrected chi connectivity index (χ1v) is 4.79. The van der Waals surface area contributed by atoms with Crippen LogP contribution in [0.5, 0.6) is 0 Å². The van der Waals surface area contributed by atoms with Gasteiger partial charge in [-0.1, -0.05) is 5.21 Å². The van der Waals surface area contributed by atoms with Crippen molar-refractivity contribution >= 4 is 5.97 Å². The maximum Gasteiger partial charge on any atom is 0.401 e. The summed E-state index contributed by atoms with van der Waals surface area (Å²) in [6.45, 7) is -0.562. The number of carboxylic acid groups (broad SMARTS) is 1. The minimum absolute atomic E-state index is 0.196. The number of nitrogens with zero attached hydrogens (tertiary/aromatic N) is 4. The number of aromatic nitrogens is 3. The topological polar surface area (TPSA) is 71.2 Å². The van der Waals surface area contributed by atoms with Crippen molar-refractivity contribution < 1.29 is 23.1 Å². The molecule has 2 rings (SSSR count). The lowest BCUT2D eigenvalue weighted by molar-refractivity contribution is -0.157. The molecule has 0 radical (unpaired) electrons. The Kier molecular flexibility index (Phi) is 2.77. The summed E-state index contributed by atoms with van der Waals surface area (Å²) in [7, 11) is 0. The predicted molar refractivity (Wildman–Crippen MR) is 48.5 cm³/mol. The molecule has 1 aliphatic heterocycles. The van der Waals surface area contributed by atoms with Gasteiger partial charge in [-0.2, -0.15) is 13.2 Å². The van der Waals surface area contributed by atoms with Crippen LogP contribution >= 0.6 is 0 Å². The van der Waals surface area contributed by atoms with Crippen molar-refractivity contribution in [3.05, 3.63) is 11.9 Å². The molecular formula is C8H9F3N4O2. The minimum atomic E-state index is -4.21. The monoisotopic (exact) mass is 250 g/mol. The summed E-state index contributed by atoms with van der Waals surface area (Å²) in [5.41, 5.74) is -0.209. The lowest BCUT2D eigenvalue weighted by Crippen LogP contribution is -2.51. The molecule has 94 valence electrons. The highest BCUT2D eigenvalue weighted by atomic mass is 19.4. The molecule has 1 saturated heterocycles. The molecular weight excluding hydrogens is 241 g/mol. The largest absolute Gasteiger partial charge is 0.476 e. The second-order valence-corrected chi connectivity index (χ2v) is 3.85. The average molecular weight is 250 g/mol. The van der Waals surface area contributed by atoms with Crippen molar-refractivity contribution in [3.63, 3.8) is 0 Å². The SMILES string of the molecule is O=C(O)c1cn(C2CN(CC(F)(F)F)C2)nn1. The van der Waals surface area contributed by atoms with Crippen LogP contribution in [0.3, 0.4) is 0 Å². The minimum Gasteiger partial charge on any atom is -0.476 e. The molecule has 0 spiro atoms. The maximum atomic E-state index is 12.0. The third-order valence-electron chi connectivity index (χ3n) is 2.44. The molecule has 1 aromatic heterocycles. The molecule has 17 heavy (non-hydrogen) atoms. The van der Waals surface area contributed by atoms with E-state index in [1.807, 2.05) is 0 Å². The van der Waals surface area contributed by atoms with E-state index in [9.17, 15) is 18.0 Å². The van der Waals surface area contributed by atoms with Gasteiger partial charge in [-0.25, -0.2) is 9.48 Å². The maximum absolute atomic E-state index is 12.0. The summed E-state index contributed by atoms with van der Waals surface area (Å²) < 4.78 is 37.3. The van der Waals surface area contributed by atoms with Crippen molar-refractivity contribution in [2.24, 2.45) is 0 Å². The summed E-state index contributed by atoms with van der Waals surface area (Å²) in [6.07, 6.45) is -2.99. The molecule has 0 aromatic carbocycles. The summed E-state index contributed by atoms with van der Waals surface area (Å²) in [5, 5.41) is 15.6. The quantitative estimate of drug-likeness (QED) is 0.840. The fraction of sp³-hybridized carbons (Fsp3) is 0.625. The molecule has 1 aromatic rings. The zero-order valence-electron chi connectivity index (χ0n) is 8.55. The Balaban J connectivity index is 1.89. The number of hydrogen-bond donors (Lipinski definition) is 1. The number of hydrogen-bond acceptors (Lipinski definition) is 4. The van der Waals surface area contributed by atoms with Crippen LogP contribution in [0.15, 0.2) is 6.20 Å². The van der Waals surface area contributed by atoms with E-state index < -0.39 is 18.7 Å². The molecule has 9 heteroatoms. The Bertz CT molecular complexity index is 425. The van der Waals surface area contributed by atoms with Gasteiger partial charge in [0.15, 0.2) is 5.69 Å². The molecule has 0 bridgehead atoms. The van der Waals surface area contributed by atoms with E-state index in [4.69, 9.17) is 5.11 Å².